The van der Waals surface area contributed by atoms with Crippen LogP contribution in [0.1, 0.15) is 64.6 Å². The highest BCUT2D eigenvalue weighted by atomic mass is 16.2. The summed E-state index contributed by atoms with van der Waals surface area (Å²) in [5.41, 5.74) is 9.78. The summed E-state index contributed by atoms with van der Waals surface area (Å²) in [7, 11) is 1.67. The molecule has 0 saturated heterocycles. The molecular formula is C27H37N7O2. The quantitative estimate of drug-likeness (QED) is 0.353. The number of aliphatic imine (C=N–C) groups is 1. The van der Waals surface area contributed by atoms with Gasteiger partial charge in [0.1, 0.15) is 5.65 Å². The van der Waals surface area contributed by atoms with Crippen LogP contribution < -0.4 is 16.4 Å². The summed E-state index contributed by atoms with van der Waals surface area (Å²) >= 11 is 0. The maximum Gasteiger partial charge on any atom is 0.257 e. The fourth-order valence-corrected chi connectivity index (χ4v) is 5.58. The fourth-order valence-electron chi connectivity index (χ4n) is 5.58. The number of rotatable bonds is 6. The number of allylic oxidation sites excluding steroid dienone is 1. The summed E-state index contributed by atoms with van der Waals surface area (Å²) in [6.07, 6.45) is 12.6. The molecule has 0 radical (unpaired) electrons. The van der Waals surface area contributed by atoms with Crippen LogP contribution in [0.2, 0.25) is 0 Å². The molecule has 2 aliphatic carbocycles. The largest absolute Gasteiger partial charge is 0.404 e. The molecule has 2 fully saturated rings. The van der Waals surface area contributed by atoms with E-state index >= 15 is 0 Å². The lowest BCUT2D eigenvalue weighted by atomic mass is 9.75. The number of carbonyl (C=O) groups excluding carboxylic acids is 2. The molecule has 9 heteroatoms. The van der Waals surface area contributed by atoms with Gasteiger partial charge in [0.05, 0.1) is 34.5 Å². The molecule has 0 aromatic carbocycles. The van der Waals surface area contributed by atoms with Gasteiger partial charge in [-0.25, -0.2) is 4.98 Å². The molecule has 3 aromatic rings. The van der Waals surface area contributed by atoms with Crippen molar-refractivity contribution in [3.63, 3.8) is 0 Å². The van der Waals surface area contributed by atoms with Crippen LogP contribution in [0.25, 0.3) is 16.6 Å². The van der Waals surface area contributed by atoms with Crippen molar-refractivity contribution in [1.82, 2.24) is 15.0 Å². The van der Waals surface area contributed by atoms with Gasteiger partial charge in [0.25, 0.3) is 5.91 Å². The molecule has 36 heavy (non-hydrogen) atoms. The minimum Gasteiger partial charge on any atom is -0.404 e. The SMILES string of the molecule is CN=C/C(=C\N)c1cc2cc(C(=O)Nc3cc(NC(=O)C45CCCC(CC4)C5)cnc3C)cnc2[nH]1.[HH].[HH].[HH]. The highest BCUT2D eigenvalue weighted by Gasteiger charge is 2.47. The van der Waals surface area contributed by atoms with E-state index in [0.717, 1.165) is 48.8 Å². The van der Waals surface area contributed by atoms with Gasteiger partial charge >= 0.3 is 0 Å². The Bertz CT molecular complexity index is 1400. The third-order valence-electron chi connectivity index (χ3n) is 7.54. The summed E-state index contributed by atoms with van der Waals surface area (Å²) in [6.45, 7) is 1.82. The number of aromatic amines is 1. The Kier molecular flexibility index (Phi) is 6.30. The first-order valence-electron chi connectivity index (χ1n) is 12.3. The average Bonchev–Trinajstić information content (AvgIpc) is 3.44. The Morgan fingerprint density at radius 2 is 2.06 bits per heavy atom. The predicted octanol–water partition coefficient (Wildman–Crippen LogP) is 5.17. The predicted molar refractivity (Wildman–Crippen MR) is 148 cm³/mol. The smallest absolute Gasteiger partial charge is 0.257 e. The number of nitrogens with two attached hydrogens (primary N) is 1. The number of carbonyl (C=O) groups is 2. The summed E-state index contributed by atoms with van der Waals surface area (Å²) in [5, 5.41) is 6.77. The number of amides is 2. The van der Waals surface area contributed by atoms with Crippen LogP contribution in [-0.2, 0) is 4.79 Å². The van der Waals surface area contributed by atoms with Crippen molar-refractivity contribution in [1.29, 1.82) is 0 Å². The summed E-state index contributed by atoms with van der Waals surface area (Å²) in [5.74, 6) is 0.439. The van der Waals surface area contributed by atoms with Crippen LogP contribution in [-0.4, -0.2) is 40.0 Å². The highest BCUT2D eigenvalue weighted by molar-refractivity contribution is 6.11. The Hall–Kier alpha value is -4.01. The molecule has 2 unspecified atom stereocenters. The fraction of sp³-hybridized carbons (Fsp3) is 0.370. The number of pyridine rings is 2. The zero-order valence-electron chi connectivity index (χ0n) is 20.6. The molecular weight excluding hydrogens is 454 g/mol. The number of aryl methyl sites for hydroxylation is 1. The van der Waals surface area contributed by atoms with Crippen LogP contribution in [0.5, 0.6) is 0 Å². The molecule has 5 rings (SSSR count). The van der Waals surface area contributed by atoms with Crippen molar-refractivity contribution in [3.05, 3.63) is 53.7 Å². The molecule has 2 bridgehead atoms. The Morgan fingerprint density at radius 1 is 1.19 bits per heavy atom. The summed E-state index contributed by atoms with van der Waals surface area (Å²) in [4.78, 5) is 42.2. The molecule has 2 atom stereocenters. The number of fused-ring (bicyclic) bond motifs is 3. The van der Waals surface area contributed by atoms with Crippen LogP contribution in [0, 0.1) is 18.3 Å². The van der Waals surface area contributed by atoms with E-state index in [1.165, 1.54) is 18.8 Å². The van der Waals surface area contributed by atoms with Gasteiger partial charge in [0, 0.05) is 46.3 Å². The molecule has 0 spiro atoms. The van der Waals surface area contributed by atoms with Crippen LogP contribution in [0.4, 0.5) is 11.4 Å². The number of anilines is 2. The van der Waals surface area contributed by atoms with E-state index in [1.807, 2.05) is 13.0 Å². The number of H-pyrrole nitrogens is 1. The first-order chi connectivity index (χ1) is 17.4. The standard InChI is InChI=1S/C27H31N7O2.3H2/c1-16-22(10-21(15-30-16)32-26(36)27-6-3-4-17(11-27)5-7-27)34-25(35)19-8-18-9-23(20(12-28)13-29-2)33-24(18)31-14-19;;;/h8-10,12-15,17H,3-7,11,28H2,1-2H3,(H,31,33)(H,32,36)(H,34,35);3*1H/b20-12+,29-13?;;;. The van der Waals surface area contributed by atoms with Gasteiger partial charge in [0.2, 0.25) is 5.91 Å². The van der Waals surface area contributed by atoms with Crippen LogP contribution in [0.15, 0.2) is 41.8 Å². The Balaban J connectivity index is 0.00000178. The zero-order chi connectivity index (χ0) is 25.3. The molecule has 5 N–H and O–H groups in total. The van der Waals surface area contributed by atoms with Gasteiger partial charge in [0.15, 0.2) is 0 Å². The molecule has 192 valence electrons. The maximum atomic E-state index is 13.2. The molecule has 3 aromatic heterocycles. The second kappa shape index (κ2) is 9.56. The first kappa shape index (κ1) is 23.7. The average molecular weight is 492 g/mol. The van der Waals surface area contributed by atoms with Gasteiger partial charge < -0.3 is 21.4 Å². The number of aromatic nitrogens is 3. The van der Waals surface area contributed by atoms with Crippen molar-refractivity contribution in [2.75, 3.05) is 17.7 Å². The summed E-state index contributed by atoms with van der Waals surface area (Å²) < 4.78 is 0. The van der Waals surface area contributed by atoms with Crippen molar-refractivity contribution >= 4 is 46.0 Å². The van der Waals surface area contributed by atoms with E-state index in [1.54, 1.807) is 31.6 Å². The van der Waals surface area contributed by atoms with E-state index in [4.69, 9.17) is 5.73 Å². The number of nitrogens with zero attached hydrogens (tertiary/aromatic N) is 3. The van der Waals surface area contributed by atoms with Gasteiger partial charge in [-0.2, -0.15) is 0 Å². The highest BCUT2D eigenvalue weighted by Crippen LogP contribution is 2.51. The van der Waals surface area contributed by atoms with Crippen LogP contribution in [0.3, 0.4) is 0 Å². The van der Waals surface area contributed by atoms with Crippen molar-refractivity contribution in [2.45, 2.75) is 45.4 Å². The molecule has 9 nitrogen and oxygen atoms in total. The molecule has 2 amide bonds. The third-order valence-corrected chi connectivity index (χ3v) is 7.54. The molecule has 3 heterocycles. The van der Waals surface area contributed by atoms with Gasteiger partial charge in [-0.3, -0.25) is 19.6 Å². The second-order valence-corrected chi connectivity index (χ2v) is 9.90. The second-order valence-electron chi connectivity index (χ2n) is 9.90. The molecule has 2 saturated carbocycles. The Morgan fingerprint density at radius 3 is 2.86 bits per heavy atom. The maximum absolute atomic E-state index is 13.2. The zero-order valence-corrected chi connectivity index (χ0v) is 20.6. The molecule has 2 aliphatic rings. The van der Waals surface area contributed by atoms with Gasteiger partial charge in [-0.05, 0) is 56.7 Å². The first-order valence-corrected chi connectivity index (χ1v) is 12.3. The van der Waals surface area contributed by atoms with E-state index in [0.29, 0.717) is 34.2 Å². The minimum absolute atomic E-state index is 0. The normalized spacial score (nSPS) is 21.7. The van der Waals surface area contributed by atoms with Crippen LogP contribution >= 0.6 is 0 Å². The van der Waals surface area contributed by atoms with Gasteiger partial charge in [-0.1, -0.05) is 12.8 Å². The van der Waals surface area contributed by atoms with Crippen molar-refractivity contribution in [3.8, 4) is 0 Å². The number of hydrogen-bond donors (Lipinski definition) is 4. The summed E-state index contributed by atoms with van der Waals surface area (Å²) in [6, 6.07) is 5.41. The minimum atomic E-state index is -0.310. The van der Waals surface area contributed by atoms with Gasteiger partial charge in [-0.15, -0.1) is 0 Å². The van der Waals surface area contributed by atoms with E-state index in [9.17, 15) is 9.59 Å². The number of nitrogens with one attached hydrogen (secondary N) is 3. The lowest BCUT2D eigenvalue weighted by Gasteiger charge is -2.31. The lowest BCUT2D eigenvalue weighted by Crippen LogP contribution is -2.35. The van der Waals surface area contributed by atoms with Crippen molar-refractivity contribution in [2.24, 2.45) is 22.1 Å². The number of hydrogen-bond acceptors (Lipinski definition) is 6. The van der Waals surface area contributed by atoms with Crippen molar-refractivity contribution < 1.29 is 13.9 Å². The van der Waals surface area contributed by atoms with E-state index in [2.05, 4.69) is 30.6 Å². The topological polar surface area (TPSA) is 138 Å². The lowest BCUT2D eigenvalue weighted by molar-refractivity contribution is -0.126. The third kappa shape index (κ3) is 4.48. The van der Waals surface area contributed by atoms with E-state index < -0.39 is 0 Å². The van der Waals surface area contributed by atoms with E-state index in [-0.39, 0.29) is 21.5 Å². The molecule has 0 aliphatic heterocycles. The monoisotopic (exact) mass is 491 g/mol. The Labute approximate surface area is 214 Å².